The molecule has 0 aliphatic rings. The number of hydrogen-bond acceptors (Lipinski definition) is 3. The van der Waals surface area contributed by atoms with Crippen LogP contribution in [0.25, 0.3) is 0 Å². The standard InChI is InChI=1S/C12H26N2OS/c1-10(2)8-16-9-11(3)13-7-6-12(15)14(4)5/h10-11,13H,6-9H2,1-5H3. The van der Waals surface area contributed by atoms with E-state index >= 15 is 0 Å². The molecule has 3 nitrogen and oxygen atoms in total. The van der Waals surface area contributed by atoms with E-state index in [4.69, 9.17) is 0 Å². The van der Waals surface area contributed by atoms with Crippen LogP contribution in [0.4, 0.5) is 0 Å². The van der Waals surface area contributed by atoms with Gasteiger partial charge in [-0.3, -0.25) is 4.79 Å². The third kappa shape index (κ3) is 9.04. The molecule has 0 aromatic rings. The summed E-state index contributed by atoms with van der Waals surface area (Å²) in [6.45, 7) is 7.43. The number of carbonyl (C=O) groups excluding carboxylic acids is 1. The summed E-state index contributed by atoms with van der Waals surface area (Å²) >= 11 is 1.98. The second-order valence-corrected chi connectivity index (χ2v) is 5.90. The first-order valence-corrected chi connectivity index (χ1v) is 7.10. The van der Waals surface area contributed by atoms with E-state index in [1.165, 1.54) is 5.75 Å². The summed E-state index contributed by atoms with van der Waals surface area (Å²) in [5, 5.41) is 3.37. The Kier molecular flexibility index (Phi) is 8.76. The molecule has 96 valence electrons. The molecule has 0 bridgehead atoms. The molecule has 0 aliphatic carbocycles. The van der Waals surface area contributed by atoms with Crippen molar-refractivity contribution in [1.82, 2.24) is 10.2 Å². The predicted molar refractivity (Wildman–Crippen MR) is 72.9 cm³/mol. The van der Waals surface area contributed by atoms with Crippen LogP contribution in [-0.2, 0) is 4.79 Å². The Morgan fingerprint density at radius 2 is 1.88 bits per heavy atom. The van der Waals surface area contributed by atoms with Crippen molar-refractivity contribution in [1.29, 1.82) is 0 Å². The normalized spacial score (nSPS) is 12.9. The first-order chi connectivity index (χ1) is 7.43. The molecule has 1 N–H and O–H groups in total. The number of amides is 1. The Hall–Kier alpha value is -0.220. The molecule has 0 aliphatic heterocycles. The molecule has 0 aromatic heterocycles. The van der Waals surface area contributed by atoms with Crippen molar-refractivity contribution in [2.75, 3.05) is 32.1 Å². The number of nitrogens with zero attached hydrogens (tertiary/aromatic N) is 1. The summed E-state index contributed by atoms with van der Waals surface area (Å²) < 4.78 is 0. The number of carbonyl (C=O) groups is 1. The van der Waals surface area contributed by atoms with E-state index in [1.807, 2.05) is 11.8 Å². The summed E-state index contributed by atoms with van der Waals surface area (Å²) in [6, 6.07) is 0.485. The van der Waals surface area contributed by atoms with Crippen LogP contribution in [0.2, 0.25) is 0 Å². The van der Waals surface area contributed by atoms with Crippen LogP contribution in [0.15, 0.2) is 0 Å². The lowest BCUT2D eigenvalue weighted by Crippen LogP contribution is -2.33. The monoisotopic (exact) mass is 246 g/mol. The molecular weight excluding hydrogens is 220 g/mol. The van der Waals surface area contributed by atoms with Crippen LogP contribution < -0.4 is 5.32 Å². The number of thioether (sulfide) groups is 1. The van der Waals surface area contributed by atoms with Gasteiger partial charge in [-0.05, 0) is 18.6 Å². The molecule has 0 heterocycles. The number of rotatable bonds is 8. The van der Waals surface area contributed by atoms with Gasteiger partial charge in [-0.1, -0.05) is 13.8 Å². The Morgan fingerprint density at radius 1 is 1.25 bits per heavy atom. The van der Waals surface area contributed by atoms with Crippen molar-refractivity contribution in [2.24, 2.45) is 5.92 Å². The van der Waals surface area contributed by atoms with E-state index in [9.17, 15) is 4.79 Å². The highest BCUT2D eigenvalue weighted by molar-refractivity contribution is 7.99. The van der Waals surface area contributed by atoms with Gasteiger partial charge in [0.2, 0.25) is 5.91 Å². The SMILES string of the molecule is CC(C)CSCC(C)NCCC(=O)N(C)C. The topological polar surface area (TPSA) is 32.3 Å². The average molecular weight is 246 g/mol. The van der Waals surface area contributed by atoms with E-state index in [1.54, 1.807) is 19.0 Å². The summed E-state index contributed by atoms with van der Waals surface area (Å²) in [5.74, 6) is 3.28. The number of hydrogen-bond donors (Lipinski definition) is 1. The molecule has 1 atom stereocenters. The van der Waals surface area contributed by atoms with Gasteiger partial charge in [-0.15, -0.1) is 0 Å². The maximum absolute atomic E-state index is 11.3. The second kappa shape index (κ2) is 8.88. The summed E-state index contributed by atoms with van der Waals surface area (Å²) in [4.78, 5) is 12.9. The predicted octanol–water partition coefficient (Wildman–Crippen LogP) is 1.83. The Morgan fingerprint density at radius 3 is 2.38 bits per heavy atom. The maximum Gasteiger partial charge on any atom is 0.223 e. The van der Waals surface area contributed by atoms with Crippen molar-refractivity contribution >= 4 is 17.7 Å². The first kappa shape index (κ1) is 15.8. The lowest BCUT2D eigenvalue weighted by Gasteiger charge is -2.15. The Bertz CT molecular complexity index is 195. The molecule has 16 heavy (non-hydrogen) atoms. The molecule has 0 saturated carbocycles. The van der Waals surface area contributed by atoms with Crippen molar-refractivity contribution in [3.63, 3.8) is 0 Å². The highest BCUT2D eigenvalue weighted by Crippen LogP contribution is 2.08. The van der Waals surface area contributed by atoms with Crippen LogP contribution in [0.5, 0.6) is 0 Å². The highest BCUT2D eigenvalue weighted by Gasteiger charge is 2.06. The zero-order valence-electron chi connectivity index (χ0n) is 11.2. The fraction of sp³-hybridized carbons (Fsp3) is 0.917. The lowest BCUT2D eigenvalue weighted by molar-refractivity contribution is -0.128. The second-order valence-electron chi connectivity index (χ2n) is 4.82. The zero-order chi connectivity index (χ0) is 12.6. The smallest absolute Gasteiger partial charge is 0.223 e. The maximum atomic E-state index is 11.3. The van der Waals surface area contributed by atoms with Gasteiger partial charge in [-0.2, -0.15) is 11.8 Å². The molecule has 0 aromatic carbocycles. The minimum atomic E-state index is 0.189. The third-order valence-electron chi connectivity index (χ3n) is 2.15. The fourth-order valence-electron chi connectivity index (χ4n) is 1.19. The third-order valence-corrected chi connectivity index (χ3v) is 3.79. The highest BCUT2D eigenvalue weighted by atomic mass is 32.2. The quantitative estimate of drug-likeness (QED) is 0.709. The summed E-state index contributed by atoms with van der Waals surface area (Å²) in [7, 11) is 3.59. The fourth-order valence-corrected chi connectivity index (χ4v) is 2.27. The summed E-state index contributed by atoms with van der Waals surface area (Å²) in [5.41, 5.74) is 0. The van der Waals surface area contributed by atoms with Gasteiger partial charge in [0.1, 0.15) is 0 Å². The van der Waals surface area contributed by atoms with Crippen molar-refractivity contribution in [2.45, 2.75) is 33.2 Å². The van der Waals surface area contributed by atoms with Gasteiger partial charge in [0.25, 0.3) is 0 Å². The van der Waals surface area contributed by atoms with E-state index in [-0.39, 0.29) is 5.91 Å². The van der Waals surface area contributed by atoms with Crippen molar-refractivity contribution in [3.8, 4) is 0 Å². The van der Waals surface area contributed by atoms with Crippen LogP contribution in [-0.4, -0.2) is 49.0 Å². The number of nitrogens with one attached hydrogen (secondary N) is 1. The first-order valence-electron chi connectivity index (χ1n) is 5.94. The Labute approximate surface area is 104 Å². The molecule has 1 unspecified atom stereocenters. The molecular formula is C12H26N2OS. The minimum absolute atomic E-state index is 0.189. The van der Waals surface area contributed by atoms with Crippen LogP contribution in [0.1, 0.15) is 27.2 Å². The molecule has 1 amide bonds. The van der Waals surface area contributed by atoms with Gasteiger partial charge >= 0.3 is 0 Å². The van der Waals surface area contributed by atoms with Crippen LogP contribution in [0.3, 0.4) is 0 Å². The van der Waals surface area contributed by atoms with E-state index in [0.29, 0.717) is 12.5 Å². The zero-order valence-corrected chi connectivity index (χ0v) is 12.1. The molecule has 0 rings (SSSR count). The van der Waals surface area contributed by atoms with Gasteiger partial charge < -0.3 is 10.2 Å². The average Bonchev–Trinajstić information content (AvgIpc) is 2.16. The van der Waals surface area contributed by atoms with Crippen molar-refractivity contribution < 1.29 is 4.79 Å². The van der Waals surface area contributed by atoms with Gasteiger partial charge in [0, 0.05) is 38.9 Å². The molecule has 0 saturated heterocycles. The Balaban J connectivity index is 3.43. The van der Waals surface area contributed by atoms with Crippen molar-refractivity contribution in [3.05, 3.63) is 0 Å². The lowest BCUT2D eigenvalue weighted by atomic mass is 10.3. The largest absolute Gasteiger partial charge is 0.349 e. The van der Waals surface area contributed by atoms with E-state index in [2.05, 4.69) is 26.1 Å². The van der Waals surface area contributed by atoms with Gasteiger partial charge in [0.15, 0.2) is 0 Å². The van der Waals surface area contributed by atoms with E-state index in [0.717, 1.165) is 18.2 Å². The molecule has 0 fully saturated rings. The summed E-state index contributed by atoms with van der Waals surface area (Å²) in [6.07, 6.45) is 0.589. The minimum Gasteiger partial charge on any atom is -0.349 e. The van der Waals surface area contributed by atoms with E-state index < -0.39 is 0 Å². The van der Waals surface area contributed by atoms with Gasteiger partial charge in [-0.25, -0.2) is 0 Å². The molecule has 0 radical (unpaired) electrons. The van der Waals surface area contributed by atoms with Crippen LogP contribution in [0, 0.1) is 5.92 Å². The van der Waals surface area contributed by atoms with Crippen LogP contribution >= 0.6 is 11.8 Å². The molecule has 4 heteroatoms. The molecule has 0 spiro atoms. The van der Waals surface area contributed by atoms with Gasteiger partial charge in [0.05, 0.1) is 0 Å².